The topological polar surface area (TPSA) is 9.23 Å². The van der Waals surface area contributed by atoms with E-state index in [0.717, 1.165) is 12.7 Å². The first kappa shape index (κ1) is 18.9. The summed E-state index contributed by atoms with van der Waals surface area (Å²) >= 11 is 0. The zero-order valence-corrected chi connectivity index (χ0v) is 13.3. The maximum atomic E-state index is 13.4. The molecule has 6 heteroatoms. The third kappa shape index (κ3) is 3.97. The first-order chi connectivity index (χ1) is 9.73. The van der Waals surface area contributed by atoms with E-state index in [-0.39, 0.29) is 11.0 Å². The molecule has 1 aromatic rings. The fourth-order valence-corrected chi connectivity index (χ4v) is 2.14. The average Bonchev–Trinajstić information content (AvgIpc) is 2.36. The second-order valence-corrected chi connectivity index (χ2v) is 6.64. The standard InChI is InChI=1S/C16H21F5O/c1-13(2,3)11-6-8-12(9-7-11)14(4,22-5)10-15(17,18)16(19,20)21/h6-9H,10H2,1-5H3. The minimum Gasteiger partial charge on any atom is -0.374 e. The van der Waals surface area contributed by atoms with E-state index in [1.807, 2.05) is 20.8 Å². The SMILES string of the molecule is COC(C)(CC(F)(F)C(F)(F)F)c1ccc(C(C)(C)C)cc1. The van der Waals surface area contributed by atoms with Gasteiger partial charge in [-0.3, -0.25) is 0 Å². The Kier molecular flexibility index (Phi) is 4.97. The summed E-state index contributed by atoms with van der Waals surface area (Å²) in [5.74, 6) is -4.82. The first-order valence-corrected chi connectivity index (χ1v) is 6.84. The molecule has 22 heavy (non-hydrogen) atoms. The number of methoxy groups -OCH3 is 1. The largest absolute Gasteiger partial charge is 0.453 e. The van der Waals surface area contributed by atoms with Gasteiger partial charge in [-0.2, -0.15) is 22.0 Å². The Labute approximate surface area is 127 Å². The summed E-state index contributed by atoms with van der Waals surface area (Å²) in [6.45, 7) is 7.18. The normalized spacial score (nSPS) is 16.5. The lowest BCUT2D eigenvalue weighted by atomic mass is 9.83. The molecule has 0 aliphatic carbocycles. The van der Waals surface area contributed by atoms with Crippen LogP contribution in [0.4, 0.5) is 22.0 Å². The van der Waals surface area contributed by atoms with Gasteiger partial charge in [0.25, 0.3) is 0 Å². The summed E-state index contributed by atoms with van der Waals surface area (Å²) in [7, 11) is 1.13. The minimum atomic E-state index is -5.60. The van der Waals surface area contributed by atoms with Crippen LogP contribution in [0.5, 0.6) is 0 Å². The van der Waals surface area contributed by atoms with E-state index in [4.69, 9.17) is 4.74 Å². The van der Waals surface area contributed by atoms with Crippen molar-refractivity contribution >= 4 is 0 Å². The van der Waals surface area contributed by atoms with Gasteiger partial charge in [-0.15, -0.1) is 0 Å². The monoisotopic (exact) mass is 324 g/mol. The van der Waals surface area contributed by atoms with Crippen LogP contribution >= 0.6 is 0 Å². The minimum absolute atomic E-state index is 0.141. The summed E-state index contributed by atoms with van der Waals surface area (Å²) in [4.78, 5) is 0. The molecule has 0 amide bonds. The molecule has 1 rings (SSSR count). The second-order valence-electron chi connectivity index (χ2n) is 6.64. The molecule has 1 unspecified atom stereocenters. The van der Waals surface area contributed by atoms with Gasteiger partial charge in [0.15, 0.2) is 0 Å². The van der Waals surface area contributed by atoms with Crippen molar-refractivity contribution < 1.29 is 26.7 Å². The lowest BCUT2D eigenvalue weighted by Gasteiger charge is -2.33. The van der Waals surface area contributed by atoms with Crippen molar-refractivity contribution in [3.8, 4) is 0 Å². The molecule has 0 radical (unpaired) electrons. The van der Waals surface area contributed by atoms with Gasteiger partial charge >= 0.3 is 12.1 Å². The van der Waals surface area contributed by atoms with Crippen LogP contribution in [-0.4, -0.2) is 19.2 Å². The Bertz CT molecular complexity index is 499. The molecule has 0 bridgehead atoms. The van der Waals surface area contributed by atoms with Crippen molar-refractivity contribution in [3.63, 3.8) is 0 Å². The molecule has 126 valence electrons. The van der Waals surface area contributed by atoms with E-state index in [2.05, 4.69) is 0 Å². The molecule has 0 heterocycles. The van der Waals surface area contributed by atoms with Crippen LogP contribution in [0.1, 0.15) is 45.2 Å². The fourth-order valence-electron chi connectivity index (χ4n) is 2.14. The van der Waals surface area contributed by atoms with E-state index in [9.17, 15) is 22.0 Å². The van der Waals surface area contributed by atoms with Gasteiger partial charge in [0, 0.05) is 7.11 Å². The van der Waals surface area contributed by atoms with Gasteiger partial charge in [0.05, 0.1) is 12.0 Å². The highest BCUT2D eigenvalue weighted by Gasteiger charge is 2.60. The molecule has 0 fully saturated rings. The molecular formula is C16H21F5O. The maximum absolute atomic E-state index is 13.4. The summed E-state index contributed by atoms with van der Waals surface area (Å²) < 4.78 is 69.0. The number of hydrogen-bond donors (Lipinski definition) is 0. The van der Waals surface area contributed by atoms with Gasteiger partial charge in [-0.05, 0) is 23.5 Å². The quantitative estimate of drug-likeness (QED) is 0.671. The molecule has 0 aliphatic heterocycles. The molecule has 0 saturated carbocycles. The van der Waals surface area contributed by atoms with Crippen LogP contribution < -0.4 is 0 Å². The second kappa shape index (κ2) is 5.80. The van der Waals surface area contributed by atoms with E-state index in [1.165, 1.54) is 19.1 Å². The Morgan fingerprint density at radius 2 is 1.23 bits per heavy atom. The van der Waals surface area contributed by atoms with Crippen LogP contribution in [0.3, 0.4) is 0 Å². The molecule has 1 nitrogen and oxygen atoms in total. The highest BCUT2D eigenvalue weighted by atomic mass is 19.4. The molecule has 1 atom stereocenters. The van der Waals surface area contributed by atoms with Crippen molar-refractivity contribution in [1.82, 2.24) is 0 Å². The summed E-state index contributed by atoms with van der Waals surface area (Å²) in [5.41, 5.74) is -0.628. The third-order valence-electron chi connectivity index (χ3n) is 3.79. The molecule has 0 aromatic heterocycles. The number of rotatable bonds is 4. The fraction of sp³-hybridized carbons (Fsp3) is 0.625. The molecule has 0 saturated heterocycles. The lowest BCUT2D eigenvalue weighted by Crippen LogP contribution is -2.43. The number of alkyl halides is 5. The third-order valence-corrected chi connectivity index (χ3v) is 3.79. The van der Waals surface area contributed by atoms with Crippen LogP contribution in [0.15, 0.2) is 24.3 Å². The summed E-state index contributed by atoms with van der Waals surface area (Å²) in [5, 5.41) is 0. The highest BCUT2D eigenvalue weighted by molar-refractivity contribution is 5.31. The van der Waals surface area contributed by atoms with Crippen molar-refractivity contribution in [3.05, 3.63) is 35.4 Å². The van der Waals surface area contributed by atoms with Gasteiger partial charge in [-0.25, -0.2) is 0 Å². The summed E-state index contributed by atoms with van der Waals surface area (Å²) in [6.07, 6.45) is -7.06. The predicted octanol–water partition coefficient (Wildman–Crippen LogP) is 5.43. The maximum Gasteiger partial charge on any atom is 0.453 e. The number of hydrogen-bond acceptors (Lipinski definition) is 1. The van der Waals surface area contributed by atoms with Crippen LogP contribution in [0.2, 0.25) is 0 Å². The van der Waals surface area contributed by atoms with Gasteiger partial charge in [0.1, 0.15) is 0 Å². The average molecular weight is 324 g/mol. The summed E-state index contributed by atoms with van der Waals surface area (Å²) in [6, 6.07) is 6.52. The highest BCUT2D eigenvalue weighted by Crippen LogP contribution is 2.45. The molecule has 0 N–H and O–H groups in total. The Balaban J connectivity index is 3.14. The number of halogens is 5. The predicted molar refractivity (Wildman–Crippen MR) is 75.1 cm³/mol. The molecular weight excluding hydrogens is 303 g/mol. The van der Waals surface area contributed by atoms with Crippen molar-refractivity contribution in [2.75, 3.05) is 7.11 Å². The van der Waals surface area contributed by atoms with Crippen LogP contribution in [0.25, 0.3) is 0 Å². The zero-order valence-electron chi connectivity index (χ0n) is 13.3. The lowest BCUT2D eigenvalue weighted by molar-refractivity contribution is -0.298. The molecule has 0 spiro atoms. The van der Waals surface area contributed by atoms with E-state index < -0.39 is 24.1 Å². The van der Waals surface area contributed by atoms with Crippen LogP contribution in [0, 0.1) is 0 Å². The van der Waals surface area contributed by atoms with Gasteiger partial charge in [-0.1, -0.05) is 45.0 Å². The van der Waals surface area contributed by atoms with E-state index in [0.29, 0.717) is 0 Å². The van der Waals surface area contributed by atoms with Gasteiger partial charge in [0.2, 0.25) is 0 Å². The Hall–Kier alpha value is -1.17. The number of ether oxygens (including phenoxy) is 1. The smallest absolute Gasteiger partial charge is 0.374 e. The molecule has 0 aliphatic rings. The Morgan fingerprint density at radius 1 is 0.818 bits per heavy atom. The Morgan fingerprint density at radius 3 is 1.55 bits per heavy atom. The van der Waals surface area contributed by atoms with Crippen LogP contribution in [-0.2, 0) is 15.8 Å². The molecule has 1 aromatic carbocycles. The van der Waals surface area contributed by atoms with Crippen molar-refractivity contribution in [2.24, 2.45) is 0 Å². The van der Waals surface area contributed by atoms with Crippen molar-refractivity contribution in [2.45, 2.75) is 57.2 Å². The van der Waals surface area contributed by atoms with E-state index in [1.54, 1.807) is 12.1 Å². The van der Waals surface area contributed by atoms with E-state index >= 15 is 0 Å². The van der Waals surface area contributed by atoms with Crippen molar-refractivity contribution in [1.29, 1.82) is 0 Å². The number of benzene rings is 1. The van der Waals surface area contributed by atoms with Gasteiger partial charge < -0.3 is 4.74 Å². The zero-order chi connectivity index (χ0) is 17.4. The first-order valence-electron chi connectivity index (χ1n) is 6.84.